The number of hydrogen-bond acceptors (Lipinski definition) is 2. The van der Waals surface area contributed by atoms with Crippen molar-refractivity contribution in [1.29, 1.82) is 0 Å². The highest BCUT2D eigenvalue weighted by Gasteiger charge is 2.52. The number of rotatable bonds is 3. The molecule has 1 amide bonds. The molecule has 4 aliphatic rings. The molecule has 0 aromatic carbocycles. The van der Waals surface area contributed by atoms with Gasteiger partial charge in [0.1, 0.15) is 6.04 Å². The van der Waals surface area contributed by atoms with E-state index >= 15 is 0 Å². The van der Waals surface area contributed by atoms with Crippen molar-refractivity contribution in [2.45, 2.75) is 38.1 Å². The molecule has 2 N–H and O–H groups in total. The molecule has 4 bridgehead atoms. The molecule has 0 heterocycles. The van der Waals surface area contributed by atoms with Gasteiger partial charge in [-0.05, 0) is 67.6 Å². The van der Waals surface area contributed by atoms with Crippen LogP contribution < -0.4 is 5.32 Å². The lowest BCUT2D eigenvalue weighted by molar-refractivity contribution is -0.148. The van der Waals surface area contributed by atoms with Crippen LogP contribution in [0.4, 0.5) is 0 Å². The van der Waals surface area contributed by atoms with Crippen molar-refractivity contribution >= 4 is 11.9 Å². The number of carboxylic acids is 1. The summed E-state index contributed by atoms with van der Waals surface area (Å²) in [5, 5.41) is 11.9. The zero-order valence-corrected chi connectivity index (χ0v) is 10.8. The smallest absolute Gasteiger partial charge is 0.326 e. The molecule has 4 fully saturated rings. The summed E-state index contributed by atoms with van der Waals surface area (Å²) < 4.78 is 0. The number of terminal acetylenes is 1. The lowest BCUT2D eigenvalue weighted by Crippen LogP contribution is -2.56. The Morgan fingerprint density at radius 2 is 1.63 bits per heavy atom. The summed E-state index contributed by atoms with van der Waals surface area (Å²) in [6.45, 7) is 0. The minimum atomic E-state index is -0.943. The summed E-state index contributed by atoms with van der Waals surface area (Å²) in [4.78, 5) is 22.8. The molecule has 0 aromatic heterocycles. The lowest BCUT2D eigenvalue weighted by Gasteiger charge is -2.55. The van der Waals surface area contributed by atoms with Crippen molar-refractivity contribution in [3.63, 3.8) is 0 Å². The Kier molecular flexibility index (Phi) is 3.00. The number of carbonyl (C=O) groups excluding carboxylic acids is 1. The highest BCUT2D eigenvalue weighted by molar-refractivity contribution is 5.95. The maximum atomic E-state index is 11.5. The number of carboxylic acid groups (broad SMARTS) is 1. The minimum absolute atomic E-state index is 0.0719. The van der Waals surface area contributed by atoms with Crippen LogP contribution in [-0.4, -0.2) is 23.0 Å². The third kappa shape index (κ3) is 2.11. The summed E-state index contributed by atoms with van der Waals surface area (Å²) in [5.41, 5.74) is 0. The average molecular weight is 261 g/mol. The van der Waals surface area contributed by atoms with E-state index < -0.39 is 17.9 Å². The number of nitrogens with one attached hydrogen (secondary N) is 1. The van der Waals surface area contributed by atoms with Gasteiger partial charge in [-0.3, -0.25) is 4.79 Å². The van der Waals surface area contributed by atoms with Crippen LogP contribution in [0.3, 0.4) is 0 Å². The molecule has 4 aliphatic carbocycles. The molecule has 0 aromatic rings. The van der Waals surface area contributed by atoms with E-state index in [1.54, 1.807) is 0 Å². The van der Waals surface area contributed by atoms with E-state index in [0.29, 0.717) is 11.8 Å². The average Bonchev–Trinajstić information content (AvgIpc) is 2.35. The fraction of sp³-hybridized carbons (Fsp3) is 0.733. The first-order chi connectivity index (χ1) is 9.08. The monoisotopic (exact) mass is 261 g/mol. The van der Waals surface area contributed by atoms with Gasteiger partial charge in [0.15, 0.2) is 0 Å². The van der Waals surface area contributed by atoms with Crippen LogP contribution in [0.25, 0.3) is 0 Å². The van der Waals surface area contributed by atoms with Crippen LogP contribution in [0.5, 0.6) is 0 Å². The quantitative estimate of drug-likeness (QED) is 0.752. The first kappa shape index (κ1) is 12.5. The fourth-order valence-electron chi connectivity index (χ4n) is 5.02. The van der Waals surface area contributed by atoms with Gasteiger partial charge in [0.05, 0.1) is 0 Å². The molecule has 4 heteroatoms. The molecule has 0 spiro atoms. The van der Waals surface area contributed by atoms with Gasteiger partial charge in [-0.15, -0.1) is 6.42 Å². The number of amides is 1. The van der Waals surface area contributed by atoms with E-state index in [2.05, 4.69) is 5.32 Å². The molecule has 0 aliphatic heterocycles. The number of carbonyl (C=O) groups is 2. The SMILES string of the molecule is C#CC(=O)NC(C(=O)O)C1C2CC3CC(C2)CC1C3. The topological polar surface area (TPSA) is 66.4 Å². The Balaban J connectivity index is 1.81. The third-order valence-corrected chi connectivity index (χ3v) is 5.37. The Morgan fingerprint density at radius 3 is 2.05 bits per heavy atom. The molecule has 19 heavy (non-hydrogen) atoms. The van der Waals surface area contributed by atoms with Crippen molar-refractivity contribution in [2.75, 3.05) is 0 Å². The number of aliphatic carboxylic acids is 1. The van der Waals surface area contributed by atoms with Crippen LogP contribution in [0.1, 0.15) is 32.1 Å². The van der Waals surface area contributed by atoms with E-state index in [0.717, 1.165) is 37.5 Å². The van der Waals surface area contributed by atoms with E-state index in [-0.39, 0.29) is 5.92 Å². The zero-order valence-electron chi connectivity index (χ0n) is 10.8. The summed E-state index contributed by atoms with van der Waals surface area (Å²) in [7, 11) is 0. The van der Waals surface area contributed by atoms with E-state index in [4.69, 9.17) is 6.42 Å². The normalized spacial score (nSPS) is 40.5. The van der Waals surface area contributed by atoms with E-state index in [1.165, 1.54) is 6.42 Å². The Bertz CT molecular complexity index is 423. The molecule has 0 saturated heterocycles. The lowest BCUT2D eigenvalue weighted by atomic mass is 9.50. The highest BCUT2D eigenvalue weighted by atomic mass is 16.4. The molecule has 4 rings (SSSR count). The van der Waals surface area contributed by atoms with Crippen molar-refractivity contribution < 1.29 is 14.7 Å². The third-order valence-electron chi connectivity index (χ3n) is 5.37. The van der Waals surface area contributed by atoms with Crippen molar-refractivity contribution in [1.82, 2.24) is 5.32 Å². The second-order valence-corrected chi connectivity index (χ2v) is 6.44. The van der Waals surface area contributed by atoms with Crippen LogP contribution in [0.15, 0.2) is 0 Å². The molecular formula is C15H19NO3. The molecule has 1 atom stereocenters. The maximum Gasteiger partial charge on any atom is 0.326 e. The Labute approximate surface area is 112 Å². The molecule has 4 saturated carbocycles. The van der Waals surface area contributed by atoms with Crippen molar-refractivity contribution in [3.05, 3.63) is 0 Å². The van der Waals surface area contributed by atoms with Gasteiger partial charge in [0, 0.05) is 0 Å². The summed E-state index contributed by atoms with van der Waals surface area (Å²) in [6.07, 6.45) is 10.9. The van der Waals surface area contributed by atoms with Gasteiger partial charge >= 0.3 is 5.97 Å². The minimum Gasteiger partial charge on any atom is -0.480 e. The van der Waals surface area contributed by atoms with Crippen LogP contribution >= 0.6 is 0 Å². The van der Waals surface area contributed by atoms with Gasteiger partial charge in [0.25, 0.3) is 5.91 Å². The Hall–Kier alpha value is -1.50. The van der Waals surface area contributed by atoms with Crippen molar-refractivity contribution in [3.8, 4) is 12.3 Å². The van der Waals surface area contributed by atoms with Gasteiger partial charge in [-0.2, -0.15) is 0 Å². The van der Waals surface area contributed by atoms with Crippen LogP contribution in [0, 0.1) is 41.9 Å². The molecule has 0 radical (unpaired) electrons. The van der Waals surface area contributed by atoms with Crippen LogP contribution in [0.2, 0.25) is 0 Å². The predicted octanol–water partition coefficient (Wildman–Crippen LogP) is 1.26. The molecule has 4 nitrogen and oxygen atoms in total. The van der Waals surface area contributed by atoms with Gasteiger partial charge in [-0.1, -0.05) is 0 Å². The first-order valence-electron chi connectivity index (χ1n) is 7.08. The standard InChI is InChI=1S/C15H19NO3/c1-2-12(17)16-14(15(18)19)13-10-4-8-3-9(6-10)7-11(13)5-8/h1,8-11,13-14H,3-7H2,(H,16,17)(H,18,19). The molecule has 1 unspecified atom stereocenters. The van der Waals surface area contributed by atoms with Gasteiger partial charge in [-0.25, -0.2) is 4.79 Å². The molecular weight excluding hydrogens is 242 g/mol. The van der Waals surface area contributed by atoms with Crippen LogP contribution in [-0.2, 0) is 9.59 Å². The highest BCUT2D eigenvalue weighted by Crippen LogP contribution is 2.57. The van der Waals surface area contributed by atoms with Crippen molar-refractivity contribution in [2.24, 2.45) is 29.6 Å². The fourth-order valence-corrected chi connectivity index (χ4v) is 5.02. The summed E-state index contributed by atoms with van der Waals surface area (Å²) >= 11 is 0. The van der Waals surface area contributed by atoms with Gasteiger partial charge in [0.2, 0.25) is 0 Å². The maximum absolute atomic E-state index is 11.5. The largest absolute Gasteiger partial charge is 0.480 e. The first-order valence-corrected chi connectivity index (χ1v) is 7.08. The second-order valence-electron chi connectivity index (χ2n) is 6.44. The predicted molar refractivity (Wildman–Crippen MR) is 68.9 cm³/mol. The zero-order chi connectivity index (χ0) is 13.6. The van der Waals surface area contributed by atoms with E-state index in [1.807, 2.05) is 5.92 Å². The van der Waals surface area contributed by atoms with Gasteiger partial charge < -0.3 is 10.4 Å². The van der Waals surface area contributed by atoms with E-state index in [9.17, 15) is 14.7 Å². The number of hydrogen-bond donors (Lipinski definition) is 2. The molecule has 102 valence electrons. The second kappa shape index (κ2) is 4.56. The summed E-state index contributed by atoms with van der Waals surface area (Å²) in [5.74, 6) is 2.96. The Morgan fingerprint density at radius 1 is 1.11 bits per heavy atom. The summed E-state index contributed by atoms with van der Waals surface area (Å²) in [6, 6.07) is -0.807.